The quantitative estimate of drug-likeness (QED) is 0.232. The number of halogens is 10. The van der Waals surface area contributed by atoms with E-state index in [9.17, 15) is 39.9 Å². The van der Waals surface area contributed by atoms with Gasteiger partial charge < -0.3 is 0 Å². The molecule has 0 saturated carbocycles. The summed E-state index contributed by atoms with van der Waals surface area (Å²) >= 11 is 5.59. The summed E-state index contributed by atoms with van der Waals surface area (Å²) in [6, 6.07) is 2.11. The van der Waals surface area contributed by atoms with Crippen molar-refractivity contribution in [3.63, 3.8) is 0 Å². The number of carbonyl (C=O) groups excluding carboxylic acids is 1. The number of hydrogen-bond acceptors (Lipinski definition) is 1. The topological polar surface area (TPSA) is 17.1 Å². The van der Waals surface area contributed by atoms with Gasteiger partial charge in [-0.2, -0.15) is 26.3 Å². The molecule has 0 bridgehead atoms. The van der Waals surface area contributed by atoms with E-state index in [1.165, 1.54) is 0 Å². The Morgan fingerprint density at radius 1 is 0.714 bits per heavy atom. The molecule has 0 radical (unpaired) electrons. The third-order valence-electron chi connectivity index (χ3n) is 3.85. The maximum atomic E-state index is 14.3. The van der Waals surface area contributed by atoms with Gasteiger partial charge in [0.05, 0.1) is 11.1 Å². The molecule has 152 valence electrons. The zero-order valence-electron chi connectivity index (χ0n) is 13.4. The van der Waals surface area contributed by atoms with Crippen LogP contribution in [0.4, 0.5) is 35.1 Å². The van der Waals surface area contributed by atoms with E-state index >= 15 is 0 Å². The fourth-order valence-electron chi connectivity index (χ4n) is 2.51. The van der Waals surface area contributed by atoms with Gasteiger partial charge in [0.25, 0.3) is 0 Å². The monoisotopic (exact) mass is 538 g/mol. The summed E-state index contributed by atoms with van der Waals surface area (Å²) in [7, 11) is 0. The number of ketones is 1. The molecule has 2 rings (SSSR count). The van der Waals surface area contributed by atoms with Gasteiger partial charge in [0.15, 0.2) is 5.78 Å². The van der Waals surface area contributed by atoms with Gasteiger partial charge in [-0.3, -0.25) is 4.79 Å². The minimum atomic E-state index is -5.01. The van der Waals surface area contributed by atoms with Crippen LogP contribution in [-0.4, -0.2) is 5.78 Å². The highest BCUT2D eigenvalue weighted by molar-refractivity contribution is 9.08. The number of hydrogen-bond donors (Lipinski definition) is 0. The van der Waals surface area contributed by atoms with Crippen LogP contribution in [0.25, 0.3) is 0 Å². The molecule has 0 atom stereocenters. The van der Waals surface area contributed by atoms with E-state index in [1.807, 2.05) is 0 Å². The molecule has 0 aliphatic carbocycles. The smallest absolute Gasteiger partial charge is 0.289 e. The third kappa shape index (κ3) is 4.24. The van der Waals surface area contributed by atoms with Gasteiger partial charge >= 0.3 is 12.4 Å². The van der Waals surface area contributed by atoms with Gasteiger partial charge in [0.1, 0.15) is 11.6 Å². The molecule has 0 N–H and O–H groups in total. The standard InChI is InChI=1S/C17H8Br2F8O/c18-5-9-7(1-3-11(13(9)20)16(22,23)24)15(28)8-2-4-12(17(25,26)27)14(21)10(8)6-19/h1-4H,5-6H2. The Hall–Kier alpha value is -1.49. The van der Waals surface area contributed by atoms with Gasteiger partial charge in [0.2, 0.25) is 0 Å². The van der Waals surface area contributed by atoms with Crippen molar-refractivity contribution >= 4 is 37.6 Å². The maximum absolute atomic E-state index is 14.3. The molecule has 0 aliphatic heterocycles. The highest BCUT2D eigenvalue weighted by Gasteiger charge is 2.38. The normalized spacial score (nSPS) is 12.4. The Labute approximate surface area is 170 Å². The van der Waals surface area contributed by atoms with Gasteiger partial charge in [-0.25, -0.2) is 8.78 Å². The van der Waals surface area contributed by atoms with Crippen LogP contribution in [-0.2, 0) is 23.0 Å². The minimum Gasteiger partial charge on any atom is -0.289 e. The highest BCUT2D eigenvalue weighted by Crippen LogP contribution is 2.37. The second kappa shape index (κ2) is 8.10. The molecule has 0 fully saturated rings. The fraction of sp³-hybridized carbons (Fsp3) is 0.235. The predicted octanol–water partition coefficient (Wildman–Crippen LogP) is 7.02. The van der Waals surface area contributed by atoms with Crippen LogP contribution in [0, 0.1) is 11.6 Å². The van der Waals surface area contributed by atoms with Crippen molar-refractivity contribution < 1.29 is 39.9 Å². The lowest BCUT2D eigenvalue weighted by molar-refractivity contribution is -0.140. The van der Waals surface area contributed by atoms with Crippen LogP contribution in [0.1, 0.15) is 38.2 Å². The van der Waals surface area contributed by atoms with Crippen molar-refractivity contribution in [1.29, 1.82) is 0 Å². The van der Waals surface area contributed by atoms with Crippen molar-refractivity contribution in [3.8, 4) is 0 Å². The van der Waals surface area contributed by atoms with Crippen molar-refractivity contribution in [1.82, 2.24) is 0 Å². The summed E-state index contributed by atoms with van der Waals surface area (Å²) in [5, 5.41) is -0.951. The Balaban J connectivity index is 2.68. The summed E-state index contributed by atoms with van der Waals surface area (Å²) in [5.74, 6) is -4.49. The van der Waals surface area contributed by atoms with Gasteiger partial charge in [-0.1, -0.05) is 31.9 Å². The Morgan fingerprint density at radius 2 is 1.04 bits per heavy atom. The average molecular weight is 540 g/mol. The second-order valence-corrected chi connectivity index (χ2v) is 6.62. The highest BCUT2D eigenvalue weighted by atomic mass is 79.9. The Bertz CT molecular complexity index is 845. The number of alkyl halides is 8. The molecule has 0 amide bonds. The first-order valence-corrected chi connectivity index (χ1v) is 9.52. The van der Waals surface area contributed by atoms with E-state index in [-0.39, 0.29) is 0 Å². The van der Waals surface area contributed by atoms with Gasteiger partial charge in [0, 0.05) is 32.9 Å². The maximum Gasteiger partial charge on any atom is 0.419 e. The SMILES string of the molecule is O=C(c1ccc(C(F)(F)F)c(F)c1CBr)c1ccc(C(F)(F)F)c(F)c1CBr. The summed E-state index contributed by atoms with van der Waals surface area (Å²) in [6.07, 6.45) is -10.0. The fourth-order valence-corrected chi connectivity index (χ4v) is 3.61. The molecule has 28 heavy (non-hydrogen) atoms. The van der Waals surface area contributed by atoms with Crippen molar-refractivity contribution in [3.05, 3.63) is 69.3 Å². The van der Waals surface area contributed by atoms with E-state index in [1.54, 1.807) is 0 Å². The molecule has 11 heteroatoms. The van der Waals surface area contributed by atoms with E-state index in [4.69, 9.17) is 0 Å². The van der Waals surface area contributed by atoms with E-state index in [0.717, 1.165) is 0 Å². The summed E-state index contributed by atoms with van der Waals surface area (Å²) in [5.41, 5.74) is -5.52. The van der Waals surface area contributed by atoms with Crippen LogP contribution in [0.5, 0.6) is 0 Å². The zero-order valence-corrected chi connectivity index (χ0v) is 16.6. The van der Waals surface area contributed by atoms with Crippen molar-refractivity contribution in [2.75, 3.05) is 0 Å². The lowest BCUT2D eigenvalue weighted by Crippen LogP contribution is -2.16. The third-order valence-corrected chi connectivity index (χ3v) is 4.98. The molecule has 2 aromatic carbocycles. The number of benzene rings is 2. The van der Waals surface area contributed by atoms with E-state index in [2.05, 4.69) is 31.9 Å². The largest absolute Gasteiger partial charge is 0.419 e. The molecule has 0 spiro atoms. The van der Waals surface area contributed by atoms with Gasteiger partial charge in [-0.15, -0.1) is 0 Å². The molecular formula is C17H8Br2F8O. The van der Waals surface area contributed by atoms with Crippen LogP contribution in [0.2, 0.25) is 0 Å². The Morgan fingerprint density at radius 3 is 1.29 bits per heavy atom. The zero-order chi connectivity index (χ0) is 21.4. The lowest BCUT2D eigenvalue weighted by atomic mass is 9.93. The first kappa shape index (κ1) is 22.8. The number of rotatable bonds is 4. The van der Waals surface area contributed by atoms with Crippen LogP contribution < -0.4 is 0 Å². The lowest BCUT2D eigenvalue weighted by Gasteiger charge is -2.16. The first-order valence-electron chi connectivity index (χ1n) is 7.28. The molecule has 0 heterocycles. The molecule has 2 aromatic rings. The molecule has 0 unspecified atom stereocenters. The molecule has 1 nitrogen and oxygen atoms in total. The van der Waals surface area contributed by atoms with Crippen molar-refractivity contribution in [2.45, 2.75) is 23.0 Å². The summed E-state index contributed by atoms with van der Waals surface area (Å²) in [6.45, 7) is 0. The van der Waals surface area contributed by atoms with Gasteiger partial charge in [-0.05, 0) is 24.3 Å². The molecular weight excluding hydrogens is 532 g/mol. The van der Waals surface area contributed by atoms with E-state index < -0.39 is 73.8 Å². The molecule has 0 aromatic heterocycles. The summed E-state index contributed by atoms with van der Waals surface area (Å²) in [4.78, 5) is 12.7. The molecule has 0 aliphatic rings. The second-order valence-electron chi connectivity index (χ2n) is 5.50. The van der Waals surface area contributed by atoms with Crippen LogP contribution in [0.15, 0.2) is 24.3 Å². The molecule has 0 saturated heterocycles. The average Bonchev–Trinajstić information content (AvgIpc) is 2.58. The summed E-state index contributed by atoms with van der Waals surface area (Å²) < 4.78 is 106. The van der Waals surface area contributed by atoms with Crippen LogP contribution >= 0.6 is 31.9 Å². The number of carbonyl (C=O) groups is 1. The Kier molecular flexibility index (Phi) is 6.59. The first-order chi connectivity index (χ1) is 12.8. The minimum absolute atomic E-state index is 0.350. The van der Waals surface area contributed by atoms with Crippen molar-refractivity contribution in [2.24, 2.45) is 0 Å². The van der Waals surface area contributed by atoms with E-state index in [0.29, 0.717) is 24.3 Å². The van der Waals surface area contributed by atoms with Crippen LogP contribution in [0.3, 0.4) is 0 Å². The predicted molar refractivity (Wildman–Crippen MR) is 91.5 cm³/mol.